The Hall–Kier alpha value is -1.07. The van der Waals surface area contributed by atoms with Crippen molar-refractivity contribution in [2.24, 2.45) is 0 Å². The fourth-order valence-electron chi connectivity index (χ4n) is 2.41. The molecule has 23 heavy (non-hydrogen) atoms. The van der Waals surface area contributed by atoms with Crippen molar-refractivity contribution >= 4 is 35.4 Å². The SMILES string of the molecule is CCOP(=O)(OCC)c1c(C(F)(F)Cl)nc2ccccc2c1C. The van der Waals surface area contributed by atoms with Crippen molar-refractivity contribution in [2.75, 3.05) is 13.2 Å². The number of benzene rings is 1. The molecule has 0 amide bonds. The molecule has 0 atom stereocenters. The van der Waals surface area contributed by atoms with E-state index in [0.717, 1.165) is 0 Å². The summed E-state index contributed by atoms with van der Waals surface area (Å²) in [5, 5.41) is -3.47. The summed E-state index contributed by atoms with van der Waals surface area (Å²) in [4.78, 5) is 3.92. The molecule has 0 aliphatic heterocycles. The van der Waals surface area contributed by atoms with Crippen molar-refractivity contribution in [3.63, 3.8) is 0 Å². The van der Waals surface area contributed by atoms with E-state index in [1.54, 1.807) is 45.0 Å². The molecule has 1 aromatic heterocycles. The van der Waals surface area contributed by atoms with Crippen LogP contribution in [0, 0.1) is 6.92 Å². The van der Waals surface area contributed by atoms with Crippen LogP contribution in [0.4, 0.5) is 8.78 Å². The van der Waals surface area contributed by atoms with Crippen LogP contribution in [0.1, 0.15) is 25.1 Å². The molecule has 0 spiro atoms. The van der Waals surface area contributed by atoms with Crippen LogP contribution >= 0.6 is 19.2 Å². The highest BCUT2D eigenvalue weighted by atomic mass is 35.5. The number of pyridine rings is 1. The molecule has 4 nitrogen and oxygen atoms in total. The quantitative estimate of drug-likeness (QED) is 0.550. The molecule has 8 heteroatoms. The molecule has 0 aliphatic rings. The van der Waals surface area contributed by atoms with Crippen LogP contribution < -0.4 is 5.30 Å². The predicted octanol–water partition coefficient (Wildman–Crippen LogP) is 4.72. The first-order valence-corrected chi connectivity index (χ1v) is 9.03. The van der Waals surface area contributed by atoms with Crippen LogP contribution in [0.2, 0.25) is 0 Å². The molecule has 1 aromatic carbocycles. The molecular formula is C15H17ClF2NO3P. The lowest BCUT2D eigenvalue weighted by atomic mass is 10.1. The third-order valence-electron chi connectivity index (χ3n) is 3.26. The molecule has 0 fully saturated rings. The van der Waals surface area contributed by atoms with Gasteiger partial charge in [0.15, 0.2) is 0 Å². The lowest BCUT2D eigenvalue weighted by Gasteiger charge is -2.23. The van der Waals surface area contributed by atoms with Gasteiger partial charge in [0.1, 0.15) is 5.69 Å². The van der Waals surface area contributed by atoms with Gasteiger partial charge in [-0.1, -0.05) is 18.2 Å². The van der Waals surface area contributed by atoms with E-state index in [4.69, 9.17) is 20.6 Å². The first-order valence-electron chi connectivity index (χ1n) is 7.10. The lowest BCUT2D eigenvalue weighted by molar-refractivity contribution is 0.0909. The summed E-state index contributed by atoms with van der Waals surface area (Å²) in [6.45, 7) is 4.87. The molecule has 0 aliphatic carbocycles. The third-order valence-corrected chi connectivity index (χ3v) is 5.73. The molecule has 0 saturated carbocycles. The predicted molar refractivity (Wildman–Crippen MR) is 86.7 cm³/mol. The zero-order valence-corrected chi connectivity index (χ0v) is 14.6. The maximum Gasteiger partial charge on any atom is 0.365 e. The second kappa shape index (κ2) is 6.81. The Labute approximate surface area is 138 Å². The molecule has 0 N–H and O–H groups in total. The van der Waals surface area contributed by atoms with E-state index in [0.29, 0.717) is 16.5 Å². The molecule has 2 rings (SSSR count). The summed E-state index contributed by atoms with van der Waals surface area (Å²) in [6.07, 6.45) is 0. The largest absolute Gasteiger partial charge is 0.365 e. The van der Waals surface area contributed by atoms with Crippen LogP contribution in [-0.4, -0.2) is 18.2 Å². The Morgan fingerprint density at radius 2 is 1.78 bits per heavy atom. The maximum atomic E-state index is 13.9. The number of halogens is 3. The van der Waals surface area contributed by atoms with Crippen LogP contribution in [0.25, 0.3) is 10.9 Å². The van der Waals surface area contributed by atoms with Crippen LogP contribution in [-0.2, 0) is 19.0 Å². The van der Waals surface area contributed by atoms with E-state index < -0.39 is 18.7 Å². The topological polar surface area (TPSA) is 48.4 Å². The fourth-order valence-corrected chi connectivity index (χ4v) is 4.60. The van der Waals surface area contributed by atoms with Crippen molar-refractivity contribution in [3.8, 4) is 0 Å². The average Bonchev–Trinajstić information content (AvgIpc) is 2.46. The average molecular weight is 364 g/mol. The summed E-state index contributed by atoms with van der Waals surface area (Å²) < 4.78 is 51.3. The van der Waals surface area contributed by atoms with Gasteiger partial charge in [-0.05, 0) is 44.0 Å². The zero-order valence-electron chi connectivity index (χ0n) is 13.0. The van der Waals surface area contributed by atoms with Crippen LogP contribution in [0.15, 0.2) is 24.3 Å². The molecule has 0 unspecified atom stereocenters. The van der Waals surface area contributed by atoms with Gasteiger partial charge in [-0.25, -0.2) is 4.98 Å². The number of aromatic nitrogens is 1. The lowest BCUT2D eigenvalue weighted by Crippen LogP contribution is -2.26. The number of fused-ring (bicyclic) bond motifs is 1. The van der Waals surface area contributed by atoms with Gasteiger partial charge in [0.05, 0.1) is 24.0 Å². The standard InChI is InChI=1S/C15H17ClF2NO3P/c1-4-21-23(20,22-5-2)13-10(3)11-8-6-7-9-12(11)19-14(13)15(16,17)18/h6-9H,4-5H2,1-3H3. The molecule has 2 aromatic rings. The summed E-state index contributed by atoms with van der Waals surface area (Å²) in [5.74, 6) is 0. The van der Waals surface area contributed by atoms with E-state index in [-0.39, 0.29) is 18.5 Å². The molecule has 0 saturated heterocycles. The van der Waals surface area contributed by atoms with Gasteiger partial charge in [0.25, 0.3) is 0 Å². The summed E-state index contributed by atoms with van der Waals surface area (Å²) in [7, 11) is -3.97. The third kappa shape index (κ3) is 3.56. The van der Waals surface area contributed by atoms with Gasteiger partial charge in [-0.2, -0.15) is 8.78 Å². The Balaban J connectivity index is 2.88. The number of alkyl halides is 3. The second-order valence-electron chi connectivity index (χ2n) is 4.78. The van der Waals surface area contributed by atoms with Crippen LogP contribution in [0.5, 0.6) is 0 Å². The number of hydrogen-bond acceptors (Lipinski definition) is 4. The smallest absolute Gasteiger partial charge is 0.305 e. The minimum absolute atomic E-state index is 0.0385. The highest BCUT2D eigenvalue weighted by Gasteiger charge is 2.42. The Morgan fingerprint density at radius 3 is 2.30 bits per heavy atom. The highest BCUT2D eigenvalue weighted by Crippen LogP contribution is 2.51. The maximum absolute atomic E-state index is 13.9. The van der Waals surface area contributed by atoms with Gasteiger partial charge in [-0.3, -0.25) is 4.57 Å². The summed E-state index contributed by atoms with van der Waals surface area (Å²) >= 11 is 5.21. The number of nitrogens with zero attached hydrogens (tertiary/aromatic N) is 1. The Morgan fingerprint density at radius 1 is 1.22 bits per heavy atom. The number of hydrogen-bond donors (Lipinski definition) is 0. The van der Waals surface area contributed by atoms with E-state index >= 15 is 0 Å². The second-order valence-corrected chi connectivity index (χ2v) is 7.22. The van der Waals surface area contributed by atoms with Gasteiger partial charge in [0, 0.05) is 5.39 Å². The molecule has 0 bridgehead atoms. The van der Waals surface area contributed by atoms with Crippen molar-refractivity contribution in [1.82, 2.24) is 4.98 Å². The van der Waals surface area contributed by atoms with Crippen molar-refractivity contribution < 1.29 is 22.4 Å². The van der Waals surface area contributed by atoms with Gasteiger partial charge < -0.3 is 9.05 Å². The first-order chi connectivity index (χ1) is 10.7. The fraction of sp³-hybridized carbons (Fsp3) is 0.400. The van der Waals surface area contributed by atoms with Gasteiger partial charge >= 0.3 is 13.0 Å². The van der Waals surface area contributed by atoms with E-state index in [2.05, 4.69) is 4.98 Å². The summed E-state index contributed by atoms with van der Waals surface area (Å²) in [6, 6.07) is 6.71. The molecule has 0 radical (unpaired) electrons. The monoisotopic (exact) mass is 363 g/mol. The number of aryl methyl sites for hydroxylation is 1. The van der Waals surface area contributed by atoms with Crippen LogP contribution in [0.3, 0.4) is 0 Å². The minimum atomic E-state index is -3.97. The molecule has 126 valence electrons. The normalized spacial score (nSPS) is 12.8. The molecular weight excluding hydrogens is 347 g/mol. The Kier molecular flexibility index (Phi) is 5.41. The first kappa shape index (κ1) is 18.3. The van der Waals surface area contributed by atoms with Gasteiger partial charge in [-0.15, -0.1) is 0 Å². The number of para-hydroxylation sites is 1. The Bertz CT molecular complexity index is 754. The van der Waals surface area contributed by atoms with Crippen molar-refractivity contribution in [1.29, 1.82) is 0 Å². The van der Waals surface area contributed by atoms with E-state index in [9.17, 15) is 13.3 Å². The molecule has 1 heterocycles. The summed E-state index contributed by atoms with van der Waals surface area (Å²) in [5.41, 5.74) is -0.0969. The number of rotatable bonds is 6. The van der Waals surface area contributed by atoms with E-state index in [1.807, 2.05) is 0 Å². The van der Waals surface area contributed by atoms with Crippen molar-refractivity contribution in [3.05, 3.63) is 35.5 Å². The minimum Gasteiger partial charge on any atom is -0.305 e. The zero-order chi connectivity index (χ0) is 17.3. The highest BCUT2D eigenvalue weighted by molar-refractivity contribution is 7.62. The van der Waals surface area contributed by atoms with E-state index in [1.165, 1.54) is 0 Å². The van der Waals surface area contributed by atoms with Crippen molar-refractivity contribution in [2.45, 2.75) is 26.2 Å². The van der Waals surface area contributed by atoms with Gasteiger partial charge in [0.2, 0.25) is 0 Å².